The predicted octanol–water partition coefficient (Wildman–Crippen LogP) is 0.214. The largest absolute Gasteiger partial charge is 0.356 e. The molecule has 0 aliphatic carbocycles. The van der Waals surface area contributed by atoms with Crippen LogP contribution in [0.25, 0.3) is 0 Å². The van der Waals surface area contributed by atoms with Crippen LogP contribution in [0, 0.1) is 0 Å². The fourth-order valence-corrected chi connectivity index (χ4v) is 1.48. The van der Waals surface area contributed by atoms with Crippen molar-refractivity contribution in [2.75, 3.05) is 20.1 Å². The Bertz CT molecular complexity index is 164. The number of carbonyl (C=O) groups is 1. The lowest BCUT2D eigenvalue weighted by molar-refractivity contribution is -0.133. The van der Waals surface area contributed by atoms with Gasteiger partial charge in [0.25, 0.3) is 5.91 Å². The Morgan fingerprint density at radius 3 is 2.92 bits per heavy atom. The minimum atomic E-state index is -1.64. The van der Waals surface area contributed by atoms with Gasteiger partial charge in [0.15, 0.2) is 5.67 Å². The zero-order valence-corrected chi connectivity index (χ0v) is 7.32. The van der Waals surface area contributed by atoms with Crippen LogP contribution in [0.15, 0.2) is 0 Å². The lowest BCUT2D eigenvalue weighted by atomic mass is 9.96. The van der Waals surface area contributed by atoms with Gasteiger partial charge in [0.2, 0.25) is 0 Å². The van der Waals surface area contributed by atoms with E-state index in [0.717, 1.165) is 13.0 Å². The first kappa shape index (κ1) is 9.45. The zero-order chi connectivity index (χ0) is 9.03. The molecule has 0 bridgehead atoms. The first-order valence-electron chi connectivity index (χ1n) is 4.31. The molecule has 1 unspecified atom stereocenters. The Balaban J connectivity index is 2.59. The number of hydrogen-bond donors (Lipinski definition) is 2. The maximum atomic E-state index is 13.8. The Labute approximate surface area is 71.7 Å². The third-order valence-electron chi connectivity index (χ3n) is 2.26. The number of amides is 1. The summed E-state index contributed by atoms with van der Waals surface area (Å²) in [6, 6.07) is 0. The van der Waals surface area contributed by atoms with Crippen molar-refractivity contribution in [3.63, 3.8) is 0 Å². The van der Waals surface area contributed by atoms with Gasteiger partial charge in [-0.05, 0) is 25.9 Å². The van der Waals surface area contributed by atoms with Crippen molar-refractivity contribution < 1.29 is 9.18 Å². The standard InChI is InChI=1S/C8H15FN2O/c1-10-7(12)8(9)3-2-5-11-6-4-8/h11H,2-6H2,1H3,(H,10,12). The van der Waals surface area contributed by atoms with Gasteiger partial charge in [-0.2, -0.15) is 0 Å². The monoisotopic (exact) mass is 174 g/mol. The Kier molecular flexibility index (Phi) is 3.03. The Morgan fingerprint density at radius 1 is 1.50 bits per heavy atom. The normalized spacial score (nSPS) is 30.8. The molecule has 1 aliphatic heterocycles. The number of carbonyl (C=O) groups excluding carboxylic acids is 1. The number of halogens is 1. The van der Waals surface area contributed by atoms with Gasteiger partial charge < -0.3 is 10.6 Å². The van der Waals surface area contributed by atoms with E-state index < -0.39 is 11.6 Å². The van der Waals surface area contributed by atoms with Crippen molar-refractivity contribution >= 4 is 5.91 Å². The van der Waals surface area contributed by atoms with Crippen molar-refractivity contribution in [3.8, 4) is 0 Å². The summed E-state index contributed by atoms with van der Waals surface area (Å²) >= 11 is 0. The van der Waals surface area contributed by atoms with Gasteiger partial charge in [-0.1, -0.05) is 0 Å². The molecule has 0 aromatic rings. The minimum absolute atomic E-state index is 0.284. The number of alkyl halides is 1. The van der Waals surface area contributed by atoms with Gasteiger partial charge in [-0.3, -0.25) is 4.79 Å². The first-order valence-corrected chi connectivity index (χ1v) is 4.31. The maximum Gasteiger partial charge on any atom is 0.257 e. The van der Waals surface area contributed by atoms with Gasteiger partial charge in [0.1, 0.15) is 0 Å². The first-order chi connectivity index (χ1) is 5.69. The van der Waals surface area contributed by atoms with E-state index in [1.807, 2.05) is 0 Å². The van der Waals surface area contributed by atoms with Gasteiger partial charge in [0, 0.05) is 13.5 Å². The highest BCUT2D eigenvalue weighted by atomic mass is 19.1. The van der Waals surface area contributed by atoms with E-state index in [-0.39, 0.29) is 6.42 Å². The molecule has 1 fully saturated rings. The summed E-state index contributed by atoms with van der Waals surface area (Å²) in [4.78, 5) is 11.1. The second kappa shape index (κ2) is 3.85. The van der Waals surface area contributed by atoms with Crippen LogP contribution in [0.4, 0.5) is 4.39 Å². The van der Waals surface area contributed by atoms with Gasteiger partial charge in [0.05, 0.1) is 0 Å². The van der Waals surface area contributed by atoms with E-state index >= 15 is 0 Å². The highest BCUT2D eigenvalue weighted by Crippen LogP contribution is 2.24. The smallest absolute Gasteiger partial charge is 0.257 e. The molecule has 1 rings (SSSR count). The van der Waals surface area contributed by atoms with Crippen molar-refractivity contribution in [1.82, 2.24) is 10.6 Å². The molecule has 3 nitrogen and oxygen atoms in total. The molecule has 1 amide bonds. The number of hydrogen-bond acceptors (Lipinski definition) is 2. The molecule has 0 aromatic carbocycles. The summed E-state index contributed by atoms with van der Waals surface area (Å²) in [7, 11) is 1.47. The number of rotatable bonds is 1. The van der Waals surface area contributed by atoms with Gasteiger partial charge in [-0.25, -0.2) is 4.39 Å². The molecule has 70 valence electrons. The lowest BCUT2D eigenvalue weighted by Gasteiger charge is -2.20. The van der Waals surface area contributed by atoms with Crippen LogP contribution >= 0.6 is 0 Å². The zero-order valence-electron chi connectivity index (χ0n) is 7.32. The summed E-state index contributed by atoms with van der Waals surface area (Å²) in [6.07, 6.45) is 1.34. The van der Waals surface area contributed by atoms with Crippen LogP contribution in [0.2, 0.25) is 0 Å². The van der Waals surface area contributed by atoms with Crippen LogP contribution in [0.5, 0.6) is 0 Å². The second-order valence-corrected chi connectivity index (χ2v) is 3.15. The molecule has 1 saturated heterocycles. The molecule has 1 heterocycles. The number of nitrogens with one attached hydrogen (secondary N) is 2. The third-order valence-corrected chi connectivity index (χ3v) is 2.26. The Morgan fingerprint density at radius 2 is 2.25 bits per heavy atom. The summed E-state index contributed by atoms with van der Waals surface area (Å²) in [5.41, 5.74) is -1.64. The van der Waals surface area contributed by atoms with E-state index in [1.165, 1.54) is 7.05 Å². The van der Waals surface area contributed by atoms with Gasteiger partial charge in [-0.15, -0.1) is 0 Å². The summed E-state index contributed by atoms with van der Waals surface area (Å²) < 4.78 is 13.8. The van der Waals surface area contributed by atoms with E-state index in [0.29, 0.717) is 13.0 Å². The molecule has 0 radical (unpaired) electrons. The van der Waals surface area contributed by atoms with Crippen LogP contribution in [0.1, 0.15) is 19.3 Å². The van der Waals surface area contributed by atoms with Crippen LogP contribution in [0.3, 0.4) is 0 Å². The van der Waals surface area contributed by atoms with Crippen molar-refractivity contribution in [3.05, 3.63) is 0 Å². The fourth-order valence-electron chi connectivity index (χ4n) is 1.48. The van der Waals surface area contributed by atoms with E-state index in [2.05, 4.69) is 10.6 Å². The van der Waals surface area contributed by atoms with Crippen LogP contribution < -0.4 is 10.6 Å². The summed E-state index contributed by atoms with van der Waals surface area (Å²) in [5.74, 6) is -0.480. The average molecular weight is 174 g/mol. The SMILES string of the molecule is CNC(=O)C1(F)CCCNCC1. The molecule has 0 saturated carbocycles. The maximum absolute atomic E-state index is 13.8. The predicted molar refractivity (Wildman–Crippen MR) is 44.6 cm³/mol. The van der Waals surface area contributed by atoms with Crippen molar-refractivity contribution in [2.45, 2.75) is 24.9 Å². The van der Waals surface area contributed by atoms with Crippen molar-refractivity contribution in [1.29, 1.82) is 0 Å². The molecular formula is C8H15FN2O. The molecular weight excluding hydrogens is 159 g/mol. The van der Waals surface area contributed by atoms with Crippen molar-refractivity contribution in [2.24, 2.45) is 0 Å². The molecule has 12 heavy (non-hydrogen) atoms. The topological polar surface area (TPSA) is 41.1 Å². The minimum Gasteiger partial charge on any atom is -0.356 e. The van der Waals surface area contributed by atoms with E-state index in [4.69, 9.17) is 0 Å². The molecule has 4 heteroatoms. The second-order valence-electron chi connectivity index (χ2n) is 3.15. The quantitative estimate of drug-likeness (QED) is 0.597. The summed E-state index contributed by atoms with van der Waals surface area (Å²) in [6.45, 7) is 1.40. The molecule has 0 spiro atoms. The lowest BCUT2D eigenvalue weighted by Crippen LogP contribution is -2.42. The van der Waals surface area contributed by atoms with E-state index in [9.17, 15) is 9.18 Å². The molecule has 0 aromatic heterocycles. The highest BCUT2D eigenvalue weighted by Gasteiger charge is 2.37. The summed E-state index contributed by atoms with van der Waals surface area (Å²) in [5, 5.41) is 5.42. The van der Waals surface area contributed by atoms with Gasteiger partial charge >= 0.3 is 0 Å². The molecule has 1 aliphatic rings. The van der Waals surface area contributed by atoms with E-state index in [1.54, 1.807) is 0 Å². The van der Waals surface area contributed by atoms with Crippen LogP contribution in [-0.2, 0) is 4.79 Å². The average Bonchev–Trinajstić information content (AvgIpc) is 2.29. The Hall–Kier alpha value is -0.640. The van der Waals surface area contributed by atoms with Crippen LogP contribution in [-0.4, -0.2) is 31.7 Å². The highest BCUT2D eigenvalue weighted by molar-refractivity contribution is 5.84. The fraction of sp³-hybridized carbons (Fsp3) is 0.875. The molecule has 2 N–H and O–H groups in total. The third kappa shape index (κ3) is 1.94. The molecule has 1 atom stereocenters.